The maximum Gasteiger partial charge on any atom is 0.267 e. The van der Waals surface area contributed by atoms with Crippen LogP contribution in [0.2, 0.25) is 4.34 Å². The van der Waals surface area contributed by atoms with Crippen LogP contribution < -0.4 is 4.72 Å². The third-order valence-electron chi connectivity index (χ3n) is 2.64. The van der Waals surface area contributed by atoms with Crippen molar-refractivity contribution < 1.29 is 13.2 Å². The van der Waals surface area contributed by atoms with E-state index in [0.29, 0.717) is 9.21 Å². The molecule has 2 rings (SSSR count). The number of aromatic nitrogens is 2. The fourth-order valence-electron chi connectivity index (χ4n) is 1.51. The monoisotopic (exact) mass is 333 g/mol. The van der Waals surface area contributed by atoms with Crippen LogP contribution in [0.4, 0.5) is 0 Å². The molecule has 0 aliphatic carbocycles. The first kappa shape index (κ1) is 15.0. The number of thiophene rings is 1. The van der Waals surface area contributed by atoms with Crippen LogP contribution in [0.15, 0.2) is 29.4 Å². The van der Waals surface area contributed by atoms with Gasteiger partial charge in [0.1, 0.15) is 4.90 Å². The lowest BCUT2D eigenvalue weighted by atomic mass is 10.1. The smallest absolute Gasteiger partial charge is 0.267 e. The SMILES string of the molecule is CC(C(=O)NS(=O)(=O)c1cnn(C)c1)c1ccc(Cl)s1. The van der Waals surface area contributed by atoms with Crippen molar-refractivity contribution in [1.82, 2.24) is 14.5 Å². The van der Waals surface area contributed by atoms with Crippen molar-refractivity contribution in [1.29, 1.82) is 0 Å². The first-order valence-corrected chi connectivity index (χ1v) is 8.28. The van der Waals surface area contributed by atoms with E-state index in [9.17, 15) is 13.2 Å². The van der Waals surface area contributed by atoms with Crippen molar-refractivity contribution in [2.45, 2.75) is 17.7 Å². The Balaban J connectivity index is 2.15. The molecule has 9 heteroatoms. The summed E-state index contributed by atoms with van der Waals surface area (Å²) < 4.78 is 27.9. The Hall–Kier alpha value is -1.38. The Bertz CT molecular complexity index is 736. The quantitative estimate of drug-likeness (QED) is 0.924. The summed E-state index contributed by atoms with van der Waals surface area (Å²) in [5, 5.41) is 3.77. The summed E-state index contributed by atoms with van der Waals surface area (Å²) in [5.41, 5.74) is 0. The van der Waals surface area contributed by atoms with Gasteiger partial charge in [0.2, 0.25) is 5.91 Å². The Labute approximate surface area is 125 Å². The van der Waals surface area contributed by atoms with E-state index in [2.05, 4.69) is 5.10 Å². The van der Waals surface area contributed by atoms with Gasteiger partial charge in [-0.25, -0.2) is 13.1 Å². The second-order valence-electron chi connectivity index (χ2n) is 4.18. The summed E-state index contributed by atoms with van der Waals surface area (Å²) in [7, 11) is -2.30. The minimum Gasteiger partial charge on any atom is -0.274 e. The lowest BCUT2D eigenvalue weighted by Gasteiger charge is -2.10. The summed E-state index contributed by atoms with van der Waals surface area (Å²) in [5.74, 6) is -1.20. The van der Waals surface area contributed by atoms with E-state index in [-0.39, 0.29) is 4.90 Å². The van der Waals surface area contributed by atoms with Crippen molar-refractivity contribution in [3.63, 3.8) is 0 Å². The van der Waals surface area contributed by atoms with Crippen molar-refractivity contribution in [3.8, 4) is 0 Å². The molecule has 0 aromatic carbocycles. The maximum absolute atomic E-state index is 12.0. The number of nitrogens with one attached hydrogen (secondary N) is 1. The number of hydrogen-bond donors (Lipinski definition) is 1. The molecule has 0 aliphatic heterocycles. The van der Waals surface area contributed by atoms with Crippen molar-refractivity contribution >= 4 is 38.9 Å². The highest BCUT2D eigenvalue weighted by molar-refractivity contribution is 7.90. The van der Waals surface area contributed by atoms with E-state index in [0.717, 1.165) is 0 Å². The average molecular weight is 334 g/mol. The Morgan fingerprint density at radius 3 is 2.70 bits per heavy atom. The fourth-order valence-corrected chi connectivity index (χ4v) is 3.66. The van der Waals surface area contributed by atoms with Gasteiger partial charge in [0.25, 0.3) is 10.0 Å². The number of nitrogens with zero attached hydrogens (tertiary/aromatic N) is 2. The van der Waals surface area contributed by atoms with Crippen molar-refractivity contribution in [3.05, 3.63) is 33.7 Å². The molecular formula is C11H12ClN3O3S2. The molecule has 1 atom stereocenters. The zero-order valence-electron chi connectivity index (χ0n) is 10.7. The Morgan fingerprint density at radius 1 is 1.50 bits per heavy atom. The highest BCUT2D eigenvalue weighted by atomic mass is 35.5. The molecule has 2 aromatic rings. The number of carbonyl (C=O) groups excluding carboxylic acids is 1. The zero-order valence-corrected chi connectivity index (χ0v) is 13.1. The molecule has 6 nitrogen and oxygen atoms in total. The van der Waals surface area contributed by atoms with E-state index in [1.54, 1.807) is 26.1 Å². The number of hydrogen-bond acceptors (Lipinski definition) is 5. The van der Waals surface area contributed by atoms with Crippen molar-refractivity contribution in [2.24, 2.45) is 7.05 Å². The first-order chi connectivity index (χ1) is 9.29. The molecule has 0 spiro atoms. The summed E-state index contributed by atoms with van der Waals surface area (Å²) in [6.45, 7) is 1.62. The van der Waals surface area contributed by atoms with E-state index in [4.69, 9.17) is 11.6 Å². The third kappa shape index (κ3) is 3.20. The summed E-state index contributed by atoms with van der Waals surface area (Å²) in [6.07, 6.45) is 2.50. The molecule has 2 heterocycles. The lowest BCUT2D eigenvalue weighted by molar-refractivity contribution is -0.120. The Kier molecular flexibility index (Phi) is 4.17. The van der Waals surface area contributed by atoms with Crippen LogP contribution in [0, 0.1) is 0 Å². The van der Waals surface area contributed by atoms with Gasteiger partial charge in [-0.3, -0.25) is 9.48 Å². The van der Waals surface area contributed by atoms with E-state index in [1.165, 1.54) is 28.4 Å². The zero-order chi connectivity index (χ0) is 14.9. The number of carbonyl (C=O) groups is 1. The van der Waals surface area contributed by atoms with Crippen LogP contribution >= 0.6 is 22.9 Å². The summed E-state index contributed by atoms with van der Waals surface area (Å²) >= 11 is 7.04. The second-order valence-corrected chi connectivity index (χ2v) is 7.61. The number of rotatable bonds is 4. The van der Waals surface area contributed by atoms with Gasteiger partial charge in [-0.1, -0.05) is 11.6 Å². The highest BCUT2D eigenvalue weighted by Gasteiger charge is 2.24. The highest BCUT2D eigenvalue weighted by Crippen LogP contribution is 2.28. The van der Waals surface area contributed by atoms with Gasteiger partial charge in [0.05, 0.1) is 16.5 Å². The van der Waals surface area contributed by atoms with Crippen LogP contribution in [0.1, 0.15) is 17.7 Å². The molecule has 1 amide bonds. The van der Waals surface area contributed by atoms with Gasteiger partial charge in [0.15, 0.2) is 0 Å². The average Bonchev–Trinajstić information content (AvgIpc) is 2.96. The fraction of sp³-hybridized carbons (Fsp3) is 0.273. The maximum atomic E-state index is 12.0. The van der Waals surface area contributed by atoms with Gasteiger partial charge >= 0.3 is 0 Å². The van der Waals surface area contributed by atoms with Crippen LogP contribution in [0.5, 0.6) is 0 Å². The van der Waals surface area contributed by atoms with E-state index in [1.807, 2.05) is 4.72 Å². The molecule has 0 bridgehead atoms. The molecular weight excluding hydrogens is 322 g/mol. The molecule has 0 aliphatic rings. The van der Waals surface area contributed by atoms with E-state index < -0.39 is 21.8 Å². The number of amides is 1. The molecule has 108 valence electrons. The standard InChI is InChI=1S/C11H12ClN3O3S2/c1-7(9-3-4-10(12)19-9)11(16)14-20(17,18)8-5-13-15(2)6-8/h3-7H,1-2H3,(H,14,16). The second kappa shape index (κ2) is 5.55. The molecule has 1 N–H and O–H groups in total. The summed E-state index contributed by atoms with van der Waals surface area (Å²) in [6, 6.07) is 3.37. The van der Waals surface area contributed by atoms with Gasteiger partial charge in [-0.15, -0.1) is 11.3 Å². The predicted octanol–water partition coefficient (Wildman–Crippen LogP) is 1.74. The van der Waals surface area contributed by atoms with Crippen LogP contribution in [0.3, 0.4) is 0 Å². The minimum absolute atomic E-state index is 0.0511. The van der Waals surface area contributed by atoms with Gasteiger partial charge in [0, 0.05) is 18.1 Å². The van der Waals surface area contributed by atoms with Crippen LogP contribution in [0.25, 0.3) is 0 Å². The Morgan fingerprint density at radius 2 is 2.20 bits per heavy atom. The largest absolute Gasteiger partial charge is 0.274 e. The lowest BCUT2D eigenvalue weighted by Crippen LogP contribution is -2.33. The van der Waals surface area contributed by atoms with Gasteiger partial charge < -0.3 is 0 Å². The molecule has 20 heavy (non-hydrogen) atoms. The predicted molar refractivity (Wildman–Crippen MR) is 76.3 cm³/mol. The minimum atomic E-state index is -3.90. The first-order valence-electron chi connectivity index (χ1n) is 5.60. The number of sulfonamides is 1. The van der Waals surface area contributed by atoms with Crippen LogP contribution in [-0.2, 0) is 21.9 Å². The van der Waals surface area contributed by atoms with Gasteiger partial charge in [-0.2, -0.15) is 5.10 Å². The molecule has 0 saturated heterocycles. The molecule has 2 aromatic heterocycles. The molecule has 1 unspecified atom stereocenters. The van der Waals surface area contributed by atoms with Crippen molar-refractivity contribution in [2.75, 3.05) is 0 Å². The molecule has 0 fully saturated rings. The normalized spacial score (nSPS) is 13.2. The summed E-state index contributed by atoms with van der Waals surface area (Å²) in [4.78, 5) is 12.6. The van der Waals surface area contributed by atoms with Gasteiger partial charge in [-0.05, 0) is 19.1 Å². The topological polar surface area (TPSA) is 81.1 Å². The van der Waals surface area contributed by atoms with Crippen LogP contribution in [-0.4, -0.2) is 24.1 Å². The third-order valence-corrected chi connectivity index (χ3v) is 5.36. The number of halogens is 1. The number of aryl methyl sites for hydroxylation is 1. The molecule has 0 radical (unpaired) electrons. The van der Waals surface area contributed by atoms with E-state index >= 15 is 0 Å². The molecule has 0 saturated carbocycles.